The lowest BCUT2D eigenvalue weighted by Crippen LogP contribution is -2.00. The van der Waals surface area contributed by atoms with Gasteiger partial charge in [-0.05, 0) is 37.7 Å². The Morgan fingerprint density at radius 1 is 1.53 bits per heavy atom. The number of nitrogens with zero attached hydrogens (tertiary/aromatic N) is 3. The first kappa shape index (κ1) is 13.4. The van der Waals surface area contributed by atoms with Crippen molar-refractivity contribution in [3.63, 3.8) is 0 Å². The molecule has 0 aliphatic carbocycles. The van der Waals surface area contributed by atoms with Crippen LogP contribution in [0.3, 0.4) is 0 Å². The molecular weight excluding hydrogens is 264 g/mol. The fourth-order valence-corrected chi connectivity index (χ4v) is 2.19. The second kappa shape index (κ2) is 5.31. The third kappa shape index (κ3) is 2.55. The molecule has 0 radical (unpaired) electrons. The number of aromatic nitrogens is 3. The summed E-state index contributed by atoms with van der Waals surface area (Å²) in [4.78, 5) is 10.4. The Hall–Kier alpha value is -2.02. The SMILES string of the molecule is CCCn1c(-c2ccc([N+](=O)[O-])c(C)c2)n[nH]c1=S. The van der Waals surface area contributed by atoms with Crippen LogP contribution in [0.4, 0.5) is 5.69 Å². The third-order valence-electron chi connectivity index (χ3n) is 2.86. The Bertz CT molecular complexity index is 675. The molecular formula is C12H14N4O2S. The van der Waals surface area contributed by atoms with Crippen LogP contribution in [-0.2, 0) is 6.54 Å². The van der Waals surface area contributed by atoms with E-state index >= 15 is 0 Å². The van der Waals surface area contributed by atoms with Crippen LogP contribution in [0.2, 0.25) is 0 Å². The van der Waals surface area contributed by atoms with E-state index in [-0.39, 0.29) is 10.6 Å². The van der Waals surface area contributed by atoms with Crippen molar-refractivity contribution in [3.05, 3.63) is 38.6 Å². The zero-order valence-corrected chi connectivity index (χ0v) is 11.5. The molecule has 100 valence electrons. The Kier molecular flexibility index (Phi) is 3.75. The molecule has 0 saturated heterocycles. The number of nitro benzene ring substituents is 1. The van der Waals surface area contributed by atoms with Gasteiger partial charge in [-0.25, -0.2) is 0 Å². The van der Waals surface area contributed by atoms with Gasteiger partial charge in [-0.1, -0.05) is 6.92 Å². The maximum Gasteiger partial charge on any atom is 0.272 e. The van der Waals surface area contributed by atoms with Crippen LogP contribution >= 0.6 is 12.2 Å². The van der Waals surface area contributed by atoms with E-state index in [9.17, 15) is 10.1 Å². The summed E-state index contributed by atoms with van der Waals surface area (Å²) in [6, 6.07) is 4.95. The van der Waals surface area contributed by atoms with E-state index in [4.69, 9.17) is 12.2 Å². The topological polar surface area (TPSA) is 76.8 Å². The molecule has 7 heteroatoms. The molecule has 0 atom stereocenters. The number of nitro groups is 1. The van der Waals surface area contributed by atoms with Gasteiger partial charge >= 0.3 is 0 Å². The van der Waals surface area contributed by atoms with Crippen molar-refractivity contribution in [3.8, 4) is 11.4 Å². The van der Waals surface area contributed by atoms with Crippen LogP contribution in [0.25, 0.3) is 11.4 Å². The highest BCUT2D eigenvalue weighted by Gasteiger charge is 2.14. The zero-order valence-electron chi connectivity index (χ0n) is 10.7. The first-order valence-electron chi connectivity index (χ1n) is 5.95. The Labute approximate surface area is 115 Å². The minimum atomic E-state index is -0.387. The average molecular weight is 278 g/mol. The van der Waals surface area contributed by atoms with Crippen LogP contribution in [0, 0.1) is 21.8 Å². The molecule has 0 saturated carbocycles. The van der Waals surface area contributed by atoms with Crippen LogP contribution in [0.1, 0.15) is 18.9 Å². The smallest absolute Gasteiger partial charge is 0.272 e. The highest BCUT2D eigenvalue weighted by Crippen LogP contribution is 2.25. The van der Waals surface area contributed by atoms with Gasteiger partial charge in [0.1, 0.15) is 0 Å². The molecule has 2 aromatic rings. The summed E-state index contributed by atoms with van der Waals surface area (Å²) in [5, 5.41) is 17.8. The predicted octanol–water partition coefficient (Wildman–Crippen LogP) is 3.23. The van der Waals surface area contributed by atoms with Crippen molar-refractivity contribution in [2.24, 2.45) is 0 Å². The first-order chi connectivity index (χ1) is 9.04. The molecule has 1 heterocycles. The Morgan fingerprint density at radius 2 is 2.26 bits per heavy atom. The minimum Gasteiger partial charge on any atom is -0.300 e. The lowest BCUT2D eigenvalue weighted by atomic mass is 10.1. The van der Waals surface area contributed by atoms with Gasteiger partial charge in [0, 0.05) is 23.7 Å². The summed E-state index contributed by atoms with van der Waals surface area (Å²) < 4.78 is 2.46. The summed E-state index contributed by atoms with van der Waals surface area (Å²) >= 11 is 5.18. The number of aryl methyl sites for hydroxylation is 1. The van der Waals surface area contributed by atoms with Gasteiger partial charge in [0.2, 0.25) is 0 Å². The highest BCUT2D eigenvalue weighted by molar-refractivity contribution is 7.71. The van der Waals surface area contributed by atoms with E-state index in [1.165, 1.54) is 6.07 Å². The maximum absolute atomic E-state index is 10.8. The Morgan fingerprint density at radius 3 is 2.84 bits per heavy atom. The molecule has 19 heavy (non-hydrogen) atoms. The molecule has 0 spiro atoms. The standard InChI is InChI=1S/C12H14N4O2S/c1-3-6-15-11(13-14-12(15)19)9-4-5-10(16(17)18)8(2)7-9/h4-5,7H,3,6H2,1-2H3,(H,14,19). The van der Waals surface area contributed by atoms with E-state index in [2.05, 4.69) is 17.1 Å². The number of hydrogen-bond acceptors (Lipinski definition) is 4. The molecule has 0 amide bonds. The maximum atomic E-state index is 10.8. The molecule has 0 bridgehead atoms. The number of nitrogens with one attached hydrogen (secondary N) is 1. The van der Waals surface area contributed by atoms with Gasteiger partial charge in [0.15, 0.2) is 10.6 Å². The number of aromatic amines is 1. The fourth-order valence-electron chi connectivity index (χ4n) is 1.97. The molecule has 0 aliphatic rings. The molecule has 2 rings (SSSR count). The van der Waals surface area contributed by atoms with Gasteiger partial charge < -0.3 is 4.57 Å². The second-order valence-corrected chi connectivity index (χ2v) is 4.65. The predicted molar refractivity (Wildman–Crippen MR) is 74.5 cm³/mol. The molecule has 1 aromatic carbocycles. The first-order valence-corrected chi connectivity index (χ1v) is 6.36. The lowest BCUT2D eigenvalue weighted by molar-refractivity contribution is -0.385. The van der Waals surface area contributed by atoms with E-state index < -0.39 is 0 Å². The number of hydrogen-bond donors (Lipinski definition) is 1. The summed E-state index contributed by atoms with van der Waals surface area (Å²) in [5.41, 5.74) is 1.54. The van der Waals surface area contributed by atoms with Gasteiger partial charge in [0.25, 0.3) is 5.69 Å². The summed E-state index contributed by atoms with van der Waals surface area (Å²) in [6.07, 6.45) is 0.937. The summed E-state index contributed by atoms with van der Waals surface area (Å²) in [5.74, 6) is 0.713. The molecule has 0 fully saturated rings. The second-order valence-electron chi connectivity index (χ2n) is 4.26. The van der Waals surface area contributed by atoms with Crippen molar-refractivity contribution in [2.45, 2.75) is 26.8 Å². The monoisotopic (exact) mass is 278 g/mol. The Balaban J connectivity index is 2.51. The molecule has 0 aliphatic heterocycles. The van der Waals surface area contributed by atoms with E-state index in [0.717, 1.165) is 18.5 Å². The van der Waals surface area contributed by atoms with Crippen LogP contribution in [0.15, 0.2) is 18.2 Å². The summed E-state index contributed by atoms with van der Waals surface area (Å²) in [6.45, 7) is 4.54. The third-order valence-corrected chi connectivity index (χ3v) is 3.17. The van der Waals surface area contributed by atoms with Crippen molar-refractivity contribution < 1.29 is 4.92 Å². The summed E-state index contributed by atoms with van der Waals surface area (Å²) in [7, 11) is 0. The van der Waals surface area contributed by atoms with Gasteiger partial charge in [-0.15, -0.1) is 0 Å². The fraction of sp³-hybridized carbons (Fsp3) is 0.333. The van der Waals surface area contributed by atoms with E-state index in [1.807, 2.05) is 4.57 Å². The van der Waals surface area contributed by atoms with Crippen molar-refractivity contribution >= 4 is 17.9 Å². The van der Waals surface area contributed by atoms with Crippen molar-refractivity contribution in [2.75, 3.05) is 0 Å². The molecule has 0 unspecified atom stereocenters. The average Bonchev–Trinajstić information content (AvgIpc) is 2.71. The number of H-pyrrole nitrogens is 1. The van der Waals surface area contributed by atoms with Gasteiger partial charge in [-0.3, -0.25) is 15.2 Å². The lowest BCUT2D eigenvalue weighted by Gasteiger charge is -2.06. The zero-order chi connectivity index (χ0) is 14.0. The number of benzene rings is 1. The normalized spacial score (nSPS) is 10.6. The van der Waals surface area contributed by atoms with Gasteiger partial charge in [-0.2, -0.15) is 5.10 Å². The van der Waals surface area contributed by atoms with Crippen LogP contribution in [-0.4, -0.2) is 19.7 Å². The number of rotatable bonds is 4. The van der Waals surface area contributed by atoms with Crippen LogP contribution in [0.5, 0.6) is 0 Å². The minimum absolute atomic E-state index is 0.111. The molecule has 1 aromatic heterocycles. The van der Waals surface area contributed by atoms with Crippen molar-refractivity contribution in [1.29, 1.82) is 0 Å². The quantitative estimate of drug-likeness (QED) is 0.529. The van der Waals surface area contributed by atoms with Gasteiger partial charge in [0.05, 0.1) is 4.92 Å². The van der Waals surface area contributed by atoms with Crippen molar-refractivity contribution in [1.82, 2.24) is 14.8 Å². The highest BCUT2D eigenvalue weighted by atomic mass is 32.1. The van der Waals surface area contributed by atoms with E-state index in [1.54, 1.807) is 19.1 Å². The largest absolute Gasteiger partial charge is 0.300 e. The molecule has 1 N–H and O–H groups in total. The van der Waals surface area contributed by atoms with Crippen LogP contribution < -0.4 is 0 Å². The van der Waals surface area contributed by atoms with E-state index in [0.29, 0.717) is 16.2 Å². The molecule has 6 nitrogen and oxygen atoms in total.